The van der Waals surface area contributed by atoms with Crippen molar-refractivity contribution in [3.05, 3.63) is 11.5 Å². The number of carbonyl (C=O) groups is 3. The number of hydrogen-bond acceptors (Lipinski definition) is 8. The highest BCUT2D eigenvalue weighted by Crippen LogP contribution is 2.48. The first kappa shape index (κ1) is 23.9. The Hall–Kier alpha value is -1.38. The van der Waals surface area contributed by atoms with Crippen LogP contribution in [0.4, 0.5) is 0 Å². The van der Waals surface area contributed by atoms with Crippen molar-refractivity contribution in [3.63, 3.8) is 0 Å². The van der Waals surface area contributed by atoms with E-state index in [-0.39, 0.29) is 24.5 Å². The van der Waals surface area contributed by atoms with Crippen LogP contribution in [0.5, 0.6) is 0 Å². The van der Waals surface area contributed by atoms with Crippen molar-refractivity contribution in [2.24, 2.45) is 11.8 Å². The summed E-state index contributed by atoms with van der Waals surface area (Å²) in [4.78, 5) is 36.8. The number of fused-ring (bicyclic) bond motifs is 1. The first-order chi connectivity index (χ1) is 13.4. The predicted octanol–water partition coefficient (Wildman–Crippen LogP) is 2.64. The number of ketones is 1. The number of ether oxygens (including phenoxy) is 3. The number of thioether (sulfide) groups is 1. The lowest BCUT2D eigenvalue weighted by Gasteiger charge is -2.38. The van der Waals surface area contributed by atoms with E-state index in [1.165, 1.54) is 31.7 Å². The Morgan fingerprint density at radius 3 is 2.52 bits per heavy atom. The zero-order valence-corrected chi connectivity index (χ0v) is 18.8. The van der Waals surface area contributed by atoms with Crippen LogP contribution in [0.1, 0.15) is 53.9 Å². The van der Waals surface area contributed by atoms with Crippen LogP contribution < -0.4 is 0 Å². The van der Waals surface area contributed by atoms with Gasteiger partial charge in [-0.2, -0.15) is 0 Å². The van der Waals surface area contributed by atoms with E-state index in [4.69, 9.17) is 14.2 Å². The van der Waals surface area contributed by atoms with Crippen LogP contribution >= 0.6 is 11.8 Å². The molecule has 0 radical (unpaired) electrons. The lowest BCUT2D eigenvalue weighted by atomic mass is 9.75. The standard InChI is InChI=1S/C21H32O7S/c1-12(2)17-14(27-16(24)8-10-29-6)11-20(4,25)15(23)7-9-21(5)19(28-21)18(17)26-13(3)22/h8,10,12,14,17-19,25H,7,9,11H2,1-6H3. The fourth-order valence-electron chi connectivity index (χ4n) is 4.13. The number of Topliss-reactive ketones (excluding diaryl/α,β-unsaturated/α-hetero) is 1. The maximum atomic E-state index is 12.7. The molecule has 164 valence electrons. The summed E-state index contributed by atoms with van der Waals surface area (Å²) in [6.07, 6.45) is 1.73. The summed E-state index contributed by atoms with van der Waals surface area (Å²) >= 11 is 1.35. The topological polar surface area (TPSA) is 102 Å². The summed E-state index contributed by atoms with van der Waals surface area (Å²) in [6, 6.07) is 0. The summed E-state index contributed by atoms with van der Waals surface area (Å²) in [6.45, 7) is 8.51. The molecule has 1 aliphatic heterocycles. The molecule has 0 bridgehead atoms. The molecule has 6 atom stereocenters. The molecule has 6 unspecified atom stereocenters. The van der Waals surface area contributed by atoms with Gasteiger partial charge in [0, 0.05) is 31.8 Å². The molecule has 7 nitrogen and oxygen atoms in total. The molecule has 1 saturated heterocycles. The highest BCUT2D eigenvalue weighted by Gasteiger charge is 2.61. The first-order valence-electron chi connectivity index (χ1n) is 9.92. The molecule has 2 aliphatic rings. The van der Waals surface area contributed by atoms with Crippen LogP contribution in [0.15, 0.2) is 11.5 Å². The van der Waals surface area contributed by atoms with Gasteiger partial charge in [-0.25, -0.2) is 4.79 Å². The molecule has 2 rings (SSSR count). The molecule has 1 heterocycles. The Morgan fingerprint density at radius 2 is 1.97 bits per heavy atom. The second-order valence-corrected chi connectivity index (χ2v) is 9.41. The Morgan fingerprint density at radius 1 is 1.31 bits per heavy atom. The normalized spacial score (nSPS) is 37.9. The number of rotatable bonds is 5. The minimum atomic E-state index is -1.67. The summed E-state index contributed by atoms with van der Waals surface area (Å²) in [5.74, 6) is -1.86. The molecule has 29 heavy (non-hydrogen) atoms. The van der Waals surface area contributed by atoms with Gasteiger partial charge in [0.2, 0.25) is 0 Å². The number of esters is 2. The summed E-state index contributed by atoms with van der Waals surface area (Å²) in [5.41, 5.74) is -2.29. The van der Waals surface area contributed by atoms with E-state index in [9.17, 15) is 19.5 Å². The fourth-order valence-corrected chi connectivity index (χ4v) is 4.38. The van der Waals surface area contributed by atoms with Crippen LogP contribution in [0.25, 0.3) is 0 Å². The molecule has 0 spiro atoms. The zero-order valence-electron chi connectivity index (χ0n) is 18.0. The van der Waals surface area contributed by atoms with Crippen molar-refractivity contribution in [2.75, 3.05) is 6.26 Å². The van der Waals surface area contributed by atoms with Gasteiger partial charge >= 0.3 is 11.9 Å². The molecule has 0 aromatic heterocycles. The SMILES string of the molecule is CSC=CC(=O)OC1CC(C)(O)C(=O)CCC2(C)OC2C(OC(C)=O)C1C(C)C. The zero-order chi connectivity index (χ0) is 22.0. The van der Waals surface area contributed by atoms with E-state index >= 15 is 0 Å². The molecule has 1 N–H and O–H groups in total. The molecule has 0 aromatic carbocycles. The van der Waals surface area contributed by atoms with Gasteiger partial charge in [-0.05, 0) is 37.9 Å². The molecule has 1 aliphatic carbocycles. The molecular weight excluding hydrogens is 396 g/mol. The van der Waals surface area contributed by atoms with E-state index in [0.29, 0.717) is 6.42 Å². The largest absolute Gasteiger partial charge is 0.459 e. The Kier molecular flexibility index (Phi) is 7.57. The van der Waals surface area contributed by atoms with Gasteiger partial charge in [0.25, 0.3) is 0 Å². The Labute approximate surface area is 176 Å². The third-order valence-corrected chi connectivity index (χ3v) is 6.18. The van der Waals surface area contributed by atoms with E-state index in [1.807, 2.05) is 27.0 Å². The summed E-state index contributed by atoms with van der Waals surface area (Å²) in [7, 11) is 0. The number of epoxide rings is 1. The van der Waals surface area contributed by atoms with Crippen LogP contribution in [-0.2, 0) is 28.6 Å². The van der Waals surface area contributed by atoms with Crippen LogP contribution in [-0.4, -0.2) is 58.6 Å². The van der Waals surface area contributed by atoms with Gasteiger partial charge in [0.15, 0.2) is 5.78 Å². The smallest absolute Gasteiger partial charge is 0.331 e. The first-order valence-corrected chi connectivity index (χ1v) is 11.2. The number of hydrogen-bond donors (Lipinski definition) is 1. The molecule has 0 amide bonds. The van der Waals surface area contributed by atoms with Gasteiger partial charge in [0.05, 0.1) is 5.60 Å². The number of aliphatic hydroxyl groups is 1. The van der Waals surface area contributed by atoms with Gasteiger partial charge < -0.3 is 19.3 Å². The van der Waals surface area contributed by atoms with Crippen LogP contribution in [0, 0.1) is 11.8 Å². The van der Waals surface area contributed by atoms with Crippen molar-refractivity contribution >= 4 is 29.5 Å². The quantitative estimate of drug-likeness (QED) is 0.405. The van der Waals surface area contributed by atoms with E-state index in [0.717, 1.165) is 0 Å². The third-order valence-electron chi connectivity index (χ3n) is 5.78. The van der Waals surface area contributed by atoms with E-state index in [2.05, 4.69) is 0 Å². The molecular formula is C21H32O7S. The molecule has 8 heteroatoms. The van der Waals surface area contributed by atoms with Crippen molar-refractivity contribution in [2.45, 2.75) is 83.4 Å². The molecule has 2 fully saturated rings. The maximum Gasteiger partial charge on any atom is 0.331 e. The minimum Gasteiger partial charge on any atom is -0.459 e. The summed E-state index contributed by atoms with van der Waals surface area (Å²) < 4.78 is 17.3. The van der Waals surface area contributed by atoms with E-state index < -0.39 is 47.4 Å². The van der Waals surface area contributed by atoms with Gasteiger partial charge in [-0.15, -0.1) is 11.8 Å². The van der Waals surface area contributed by atoms with Crippen LogP contribution in [0.2, 0.25) is 0 Å². The van der Waals surface area contributed by atoms with Crippen molar-refractivity contribution in [1.29, 1.82) is 0 Å². The summed E-state index contributed by atoms with van der Waals surface area (Å²) in [5, 5.41) is 12.5. The number of carbonyl (C=O) groups excluding carboxylic acids is 3. The molecule has 1 saturated carbocycles. The average molecular weight is 429 g/mol. The van der Waals surface area contributed by atoms with Gasteiger partial charge in [0.1, 0.15) is 23.9 Å². The highest BCUT2D eigenvalue weighted by molar-refractivity contribution is 8.01. The lowest BCUT2D eigenvalue weighted by Crippen LogP contribution is -2.50. The van der Waals surface area contributed by atoms with E-state index in [1.54, 1.807) is 5.41 Å². The Bertz CT molecular complexity index is 672. The van der Waals surface area contributed by atoms with Gasteiger partial charge in [-0.1, -0.05) is 13.8 Å². The second-order valence-electron chi connectivity index (χ2n) is 8.66. The van der Waals surface area contributed by atoms with Crippen molar-refractivity contribution < 1.29 is 33.7 Å². The van der Waals surface area contributed by atoms with Crippen molar-refractivity contribution in [3.8, 4) is 0 Å². The van der Waals surface area contributed by atoms with Crippen LogP contribution in [0.3, 0.4) is 0 Å². The van der Waals surface area contributed by atoms with Gasteiger partial charge in [-0.3, -0.25) is 9.59 Å². The average Bonchev–Trinajstić information content (AvgIpc) is 3.27. The predicted molar refractivity (Wildman–Crippen MR) is 109 cm³/mol. The lowest BCUT2D eigenvalue weighted by molar-refractivity contribution is -0.168. The minimum absolute atomic E-state index is 0.0690. The highest BCUT2D eigenvalue weighted by atomic mass is 32.2. The maximum absolute atomic E-state index is 12.7. The van der Waals surface area contributed by atoms with Crippen molar-refractivity contribution in [1.82, 2.24) is 0 Å². The Balaban J connectivity index is 2.46. The monoisotopic (exact) mass is 428 g/mol. The molecule has 0 aromatic rings. The third kappa shape index (κ3) is 5.83. The fraction of sp³-hybridized carbons (Fsp3) is 0.762. The second kappa shape index (κ2) is 9.18.